The van der Waals surface area contributed by atoms with E-state index >= 15 is 0 Å². The van der Waals surface area contributed by atoms with E-state index < -0.39 is 5.97 Å². The molecule has 0 aliphatic rings. The predicted molar refractivity (Wildman–Crippen MR) is 125 cm³/mol. The first-order valence-electron chi connectivity index (χ1n) is 9.78. The fourth-order valence-electron chi connectivity index (χ4n) is 3.26. The van der Waals surface area contributed by atoms with Gasteiger partial charge in [-0.3, -0.25) is 4.99 Å². The lowest BCUT2D eigenvalue weighted by Gasteiger charge is -2.03. The number of hydrogen-bond acceptors (Lipinski definition) is 6. The molecule has 2 aromatic heterocycles. The van der Waals surface area contributed by atoms with Crippen molar-refractivity contribution in [3.63, 3.8) is 0 Å². The van der Waals surface area contributed by atoms with E-state index in [1.165, 1.54) is 12.1 Å². The van der Waals surface area contributed by atoms with Crippen LogP contribution in [0.15, 0.2) is 86.6 Å². The van der Waals surface area contributed by atoms with E-state index in [2.05, 4.69) is 9.98 Å². The zero-order chi connectivity index (χ0) is 22.9. The van der Waals surface area contributed by atoms with Crippen LogP contribution in [0.2, 0.25) is 10.0 Å². The first kappa shape index (κ1) is 21.0. The zero-order valence-electron chi connectivity index (χ0n) is 16.8. The summed E-state index contributed by atoms with van der Waals surface area (Å²) in [4.78, 5) is 20.0. The van der Waals surface area contributed by atoms with E-state index in [4.69, 9.17) is 32.0 Å². The standard InChI is InChI=1S/C25H14Cl2N2O4/c26-19-7-4-15(11-20(19)27)24-29-21-12-17(5-8-23(21)33-24)28-13-18-6-9-22(32-18)14-2-1-3-16(10-14)25(30)31/h1-13H,(H,30,31)/p-1. The highest BCUT2D eigenvalue weighted by Crippen LogP contribution is 2.31. The normalized spacial score (nSPS) is 11.5. The molecule has 6 nitrogen and oxygen atoms in total. The summed E-state index contributed by atoms with van der Waals surface area (Å²) >= 11 is 12.1. The Labute approximate surface area is 197 Å². The molecule has 33 heavy (non-hydrogen) atoms. The minimum atomic E-state index is -1.24. The number of carboxylic acids is 1. The molecule has 3 aromatic carbocycles. The highest BCUT2D eigenvalue weighted by molar-refractivity contribution is 6.42. The molecule has 0 saturated carbocycles. The summed E-state index contributed by atoms with van der Waals surface area (Å²) in [6.07, 6.45) is 1.58. The number of aromatic nitrogens is 1. The number of fused-ring (bicyclic) bond motifs is 1. The van der Waals surface area contributed by atoms with Gasteiger partial charge in [-0.2, -0.15) is 0 Å². The molecule has 0 bridgehead atoms. The number of aliphatic imine (C=N–C) groups is 1. The molecule has 0 aliphatic carbocycles. The molecule has 5 rings (SSSR count). The number of oxazole rings is 1. The Morgan fingerprint density at radius 3 is 2.61 bits per heavy atom. The number of carbonyl (C=O) groups is 1. The van der Waals surface area contributed by atoms with Gasteiger partial charge in [-0.05, 0) is 60.2 Å². The summed E-state index contributed by atoms with van der Waals surface area (Å²) in [5, 5.41) is 11.9. The Kier molecular flexibility index (Phi) is 5.46. The van der Waals surface area contributed by atoms with Gasteiger partial charge in [0.05, 0.1) is 27.9 Å². The first-order chi connectivity index (χ1) is 16.0. The molecule has 0 atom stereocenters. The topological polar surface area (TPSA) is 91.7 Å². The van der Waals surface area contributed by atoms with Crippen molar-refractivity contribution in [3.8, 4) is 22.8 Å². The van der Waals surface area contributed by atoms with Crippen LogP contribution in [-0.4, -0.2) is 17.2 Å². The molecular formula is C25H13Cl2N2O4-. The molecule has 8 heteroatoms. The van der Waals surface area contributed by atoms with Crippen LogP contribution in [0.3, 0.4) is 0 Å². The van der Waals surface area contributed by atoms with E-state index in [0.29, 0.717) is 49.8 Å². The number of carbonyl (C=O) groups excluding carboxylic acids is 1. The number of aromatic carboxylic acids is 1. The van der Waals surface area contributed by atoms with Gasteiger partial charge in [-0.1, -0.05) is 41.4 Å². The molecule has 2 heterocycles. The van der Waals surface area contributed by atoms with Crippen molar-refractivity contribution in [2.75, 3.05) is 0 Å². The Morgan fingerprint density at radius 1 is 0.909 bits per heavy atom. The van der Waals surface area contributed by atoms with Gasteiger partial charge in [-0.15, -0.1) is 0 Å². The highest BCUT2D eigenvalue weighted by Gasteiger charge is 2.11. The monoisotopic (exact) mass is 475 g/mol. The van der Waals surface area contributed by atoms with Crippen molar-refractivity contribution in [2.45, 2.75) is 0 Å². The lowest BCUT2D eigenvalue weighted by atomic mass is 10.1. The van der Waals surface area contributed by atoms with Crippen LogP contribution in [-0.2, 0) is 0 Å². The summed E-state index contributed by atoms with van der Waals surface area (Å²) in [6, 6.07) is 20.4. The van der Waals surface area contributed by atoms with E-state index in [-0.39, 0.29) is 5.56 Å². The minimum Gasteiger partial charge on any atom is -0.545 e. The van der Waals surface area contributed by atoms with Crippen molar-refractivity contribution < 1.29 is 18.7 Å². The van der Waals surface area contributed by atoms with Crippen LogP contribution in [0.1, 0.15) is 16.1 Å². The molecule has 0 N–H and O–H groups in total. The number of halogens is 2. The number of benzene rings is 3. The Bertz CT molecular complexity index is 1530. The summed E-state index contributed by atoms with van der Waals surface area (Å²) in [5.74, 6) is 0.230. The van der Waals surface area contributed by atoms with E-state index in [9.17, 15) is 9.90 Å². The third kappa shape index (κ3) is 4.39. The van der Waals surface area contributed by atoms with Gasteiger partial charge in [0, 0.05) is 11.1 Å². The maximum absolute atomic E-state index is 11.1. The molecule has 0 unspecified atom stereocenters. The summed E-state index contributed by atoms with van der Waals surface area (Å²) < 4.78 is 11.6. The number of hydrogen-bond donors (Lipinski definition) is 0. The van der Waals surface area contributed by atoms with Crippen LogP contribution in [0, 0.1) is 0 Å². The molecule has 0 amide bonds. The van der Waals surface area contributed by atoms with E-state index in [1.54, 1.807) is 66.9 Å². The molecule has 0 fully saturated rings. The number of carboxylic acid groups (broad SMARTS) is 1. The Morgan fingerprint density at radius 2 is 1.79 bits per heavy atom. The maximum atomic E-state index is 11.1. The minimum absolute atomic E-state index is 0.0836. The van der Waals surface area contributed by atoms with Crippen LogP contribution in [0.25, 0.3) is 33.9 Å². The smallest absolute Gasteiger partial charge is 0.227 e. The predicted octanol–water partition coefficient (Wildman–Crippen LogP) is 6.18. The van der Waals surface area contributed by atoms with E-state index in [1.807, 2.05) is 0 Å². The van der Waals surface area contributed by atoms with Gasteiger partial charge in [-0.25, -0.2) is 4.98 Å². The fourth-order valence-corrected chi connectivity index (χ4v) is 3.56. The second kappa shape index (κ2) is 8.58. The number of rotatable bonds is 5. The number of nitrogens with zero attached hydrogens (tertiary/aromatic N) is 2. The molecule has 0 radical (unpaired) electrons. The van der Waals surface area contributed by atoms with Crippen LogP contribution in [0.4, 0.5) is 5.69 Å². The summed E-state index contributed by atoms with van der Waals surface area (Å²) in [6.45, 7) is 0. The van der Waals surface area contributed by atoms with Crippen molar-refractivity contribution in [3.05, 3.63) is 94.2 Å². The maximum Gasteiger partial charge on any atom is 0.227 e. The second-order valence-electron chi connectivity index (χ2n) is 7.13. The molecule has 0 spiro atoms. The van der Waals surface area contributed by atoms with Crippen molar-refractivity contribution >= 4 is 52.2 Å². The van der Waals surface area contributed by atoms with Crippen LogP contribution in [0.5, 0.6) is 0 Å². The molecule has 0 aliphatic heterocycles. The lowest BCUT2D eigenvalue weighted by Crippen LogP contribution is -2.22. The fraction of sp³-hybridized carbons (Fsp3) is 0. The summed E-state index contributed by atoms with van der Waals surface area (Å²) in [5.41, 5.74) is 3.36. The largest absolute Gasteiger partial charge is 0.545 e. The van der Waals surface area contributed by atoms with Gasteiger partial charge < -0.3 is 18.7 Å². The number of furan rings is 1. The van der Waals surface area contributed by atoms with Crippen LogP contribution >= 0.6 is 23.2 Å². The van der Waals surface area contributed by atoms with Gasteiger partial charge in [0.25, 0.3) is 0 Å². The third-order valence-electron chi connectivity index (χ3n) is 4.89. The lowest BCUT2D eigenvalue weighted by molar-refractivity contribution is -0.255. The molecule has 0 saturated heterocycles. The van der Waals surface area contributed by atoms with Gasteiger partial charge in [0.15, 0.2) is 5.58 Å². The molecule has 5 aromatic rings. The summed E-state index contributed by atoms with van der Waals surface area (Å²) in [7, 11) is 0. The van der Waals surface area contributed by atoms with Crippen LogP contribution < -0.4 is 5.11 Å². The molecular weight excluding hydrogens is 463 g/mol. The average molecular weight is 476 g/mol. The van der Waals surface area contributed by atoms with Crippen molar-refractivity contribution in [1.29, 1.82) is 0 Å². The van der Waals surface area contributed by atoms with E-state index in [0.717, 1.165) is 5.56 Å². The SMILES string of the molecule is O=C([O-])c1cccc(-c2ccc(C=Nc3ccc4oc(-c5ccc(Cl)c(Cl)c5)nc4c3)o2)c1. The van der Waals surface area contributed by atoms with Gasteiger partial charge in [0.2, 0.25) is 5.89 Å². The zero-order valence-corrected chi connectivity index (χ0v) is 18.3. The Hall–Kier alpha value is -3.87. The Balaban J connectivity index is 1.38. The van der Waals surface area contributed by atoms with Crippen molar-refractivity contribution in [2.24, 2.45) is 4.99 Å². The van der Waals surface area contributed by atoms with Crippen molar-refractivity contribution in [1.82, 2.24) is 4.98 Å². The average Bonchev–Trinajstić information content (AvgIpc) is 3.46. The third-order valence-corrected chi connectivity index (χ3v) is 5.63. The quantitative estimate of drug-likeness (QED) is 0.283. The van der Waals surface area contributed by atoms with Gasteiger partial charge in [0.1, 0.15) is 17.0 Å². The van der Waals surface area contributed by atoms with Gasteiger partial charge >= 0.3 is 0 Å². The second-order valence-corrected chi connectivity index (χ2v) is 7.94. The first-order valence-corrected chi connectivity index (χ1v) is 10.5. The highest BCUT2D eigenvalue weighted by atomic mass is 35.5. The molecule has 162 valence electrons.